The van der Waals surface area contributed by atoms with Gasteiger partial charge in [0.2, 0.25) is 21.8 Å². The number of nitrogens with one attached hydrogen (secondary N) is 4. The molecule has 4 N–H and O–H groups in total. The van der Waals surface area contributed by atoms with Crippen LogP contribution in [0.1, 0.15) is 87.4 Å². The molecule has 1 aromatic carbocycles. The summed E-state index contributed by atoms with van der Waals surface area (Å²) in [4.78, 5) is 74.8. The Morgan fingerprint density at radius 3 is 2.49 bits per heavy atom. The van der Waals surface area contributed by atoms with Crippen molar-refractivity contribution in [2.75, 3.05) is 19.8 Å². The number of sulfonamides is 1. The Bertz CT molecular complexity index is 1950. The largest absolute Gasteiger partial charge is 0.494 e. The molecule has 7 bridgehead atoms. The van der Waals surface area contributed by atoms with Gasteiger partial charge in [-0.3, -0.25) is 28.9 Å². The van der Waals surface area contributed by atoms with Gasteiger partial charge in [0.05, 0.1) is 24.0 Å². The Kier molecular flexibility index (Phi) is 11.4. The van der Waals surface area contributed by atoms with Gasteiger partial charge in [0.1, 0.15) is 23.4 Å². The van der Waals surface area contributed by atoms with Crippen LogP contribution in [0.4, 0.5) is 4.79 Å². The van der Waals surface area contributed by atoms with Crippen LogP contribution in [0.3, 0.4) is 0 Å². The van der Waals surface area contributed by atoms with Gasteiger partial charge in [0.15, 0.2) is 0 Å². The van der Waals surface area contributed by atoms with Crippen LogP contribution < -0.4 is 25.4 Å². The van der Waals surface area contributed by atoms with Crippen LogP contribution in [0, 0.1) is 5.92 Å². The highest BCUT2D eigenvalue weighted by atomic mass is 32.2. The summed E-state index contributed by atoms with van der Waals surface area (Å²) in [7, 11) is -3.90. The maximum absolute atomic E-state index is 14.4. The van der Waals surface area contributed by atoms with Crippen LogP contribution in [0.2, 0.25) is 0 Å². The Balaban J connectivity index is 1.18. The van der Waals surface area contributed by atoms with Gasteiger partial charge in [0.25, 0.3) is 11.8 Å². The Morgan fingerprint density at radius 2 is 1.67 bits per heavy atom. The first-order chi connectivity index (χ1) is 26.5. The standard InChI is InChI=1S/C39H48N6O9S/c46-34-27-18-26(22-40-23-27)25-10-9-12-30(19-25)53-16-7-4-8-17-54-38(50)42-32-13-6-3-1-2-5-11-28-21-39(28,37(49)44-55(51,52)31-14-15-31)43-35(47)33-20-29(41-34)24-45(33)36(32)48/h5,9-12,18-19,22-23,28-29,31-33H,1-4,6-8,13-17,20-21,24H2,(H,41,46)(H,42,50)(H,43,47)(H,44,49)/t28-,29-,32+,33+,39-/m1/s1. The van der Waals surface area contributed by atoms with Crippen LogP contribution in [-0.4, -0.2) is 96.7 Å². The van der Waals surface area contributed by atoms with Crippen molar-refractivity contribution in [2.24, 2.45) is 5.92 Å². The van der Waals surface area contributed by atoms with Crippen molar-refractivity contribution in [1.82, 2.24) is 30.6 Å². The molecule has 55 heavy (non-hydrogen) atoms. The van der Waals surface area contributed by atoms with E-state index < -0.39 is 74.6 Å². The van der Waals surface area contributed by atoms with Gasteiger partial charge >= 0.3 is 6.09 Å². The lowest BCUT2D eigenvalue weighted by molar-refractivity contribution is -0.141. The number of benzene rings is 1. The van der Waals surface area contributed by atoms with Crippen molar-refractivity contribution >= 4 is 39.7 Å². The van der Waals surface area contributed by atoms with Gasteiger partial charge in [0, 0.05) is 36.5 Å². The molecule has 3 fully saturated rings. The van der Waals surface area contributed by atoms with Gasteiger partial charge in [-0.25, -0.2) is 13.2 Å². The van der Waals surface area contributed by atoms with Crippen molar-refractivity contribution in [2.45, 2.75) is 106 Å². The van der Waals surface area contributed by atoms with Gasteiger partial charge in [-0.1, -0.05) is 37.1 Å². The number of carbonyl (C=O) groups excluding carboxylic acids is 5. The zero-order chi connectivity index (χ0) is 38.6. The predicted octanol–water partition coefficient (Wildman–Crippen LogP) is 3.11. The fourth-order valence-electron chi connectivity index (χ4n) is 7.58. The third-order valence-electron chi connectivity index (χ3n) is 11.0. The average molecular weight is 777 g/mol. The highest BCUT2D eigenvalue weighted by Crippen LogP contribution is 2.46. The number of rotatable bonds is 3. The minimum atomic E-state index is -3.90. The molecule has 2 saturated carbocycles. The van der Waals surface area contributed by atoms with Crippen LogP contribution in [0.5, 0.6) is 5.75 Å². The SMILES string of the molecule is O=C1N[C@H]2CCCCCC=C[C@@H]3C[C@@]3(C(=O)NS(=O)(=O)C3CC3)NC(=O)[C@@H]3C[C@H](CN3C2=O)NC(=O)c2cncc(c2)-c2cccc(c2)OCCCCCO1. The molecule has 1 aromatic heterocycles. The molecule has 5 aliphatic rings. The van der Waals surface area contributed by atoms with Crippen molar-refractivity contribution in [3.63, 3.8) is 0 Å². The molecule has 2 aliphatic carbocycles. The number of hydrogen-bond acceptors (Lipinski definition) is 10. The maximum Gasteiger partial charge on any atom is 0.407 e. The molecule has 5 amide bonds. The predicted molar refractivity (Wildman–Crippen MR) is 200 cm³/mol. The summed E-state index contributed by atoms with van der Waals surface area (Å²) in [6, 6.07) is 6.33. The second-order valence-corrected chi connectivity index (χ2v) is 17.1. The van der Waals surface area contributed by atoms with Gasteiger partial charge in [-0.15, -0.1) is 0 Å². The number of nitrogens with zero attached hydrogens (tertiary/aromatic N) is 2. The minimum Gasteiger partial charge on any atom is -0.494 e. The topological polar surface area (TPSA) is 202 Å². The molecular formula is C39H48N6O9S. The number of fused-ring (bicyclic) bond motifs is 8. The number of amides is 5. The normalized spacial score (nSPS) is 28.3. The highest BCUT2D eigenvalue weighted by molar-refractivity contribution is 7.91. The molecule has 0 unspecified atom stereocenters. The Labute approximate surface area is 320 Å². The van der Waals surface area contributed by atoms with E-state index in [1.165, 1.54) is 11.1 Å². The molecule has 4 heterocycles. The van der Waals surface area contributed by atoms with E-state index in [1.807, 2.05) is 36.4 Å². The molecule has 2 aromatic rings. The summed E-state index contributed by atoms with van der Waals surface area (Å²) in [5, 5.41) is 7.90. The first-order valence-electron chi connectivity index (χ1n) is 19.3. The quantitative estimate of drug-likeness (QED) is 0.336. The lowest BCUT2D eigenvalue weighted by atomic mass is 10.0. The third kappa shape index (κ3) is 9.11. The van der Waals surface area contributed by atoms with E-state index in [4.69, 9.17) is 9.47 Å². The first kappa shape index (κ1) is 38.3. The Hall–Kier alpha value is -4.99. The van der Waals surface area contributed by atoms with E-state index in [9.17, 15) is 32.4 Å². The lowest BCUT2D eigenvalue weighted by Gasteiger charge is -2.30. The molecule has 0 spiro atoms. The number of carbonyl (C=O) groups is 5. The van der Waals surface area contributed by atoms with E-state index >= 15 is 0 Å². The Morgan fingerprint density at radius 1 is 0.891 bits per heavy atom. The number of aromatic nitrogens is 1. The molecule has 1 saturated heterocycles. The van der Waals surface area contributed by atoms with Crippen LogP contribution in [0.25, 0.3) is 11.1 Å². The first-order valence-corrected chi connectivity index (χ1v) is 20.8. The monoisotopic (exact) mass is 776 g/mol. The molecule has 15 nitrogen and oxygen atoms in total. The lowest BCUT2D eigenvalue weighted by Crippen LogP contribution is -2.58. The molecule has 7 rings (SSSR count). The summed E-state index contributed by atoms with van der Waals surface area (Å²) in [6.45, 7) is 0.546. The van der Waals surface area contributed by atoms with E-state index in [-0.39, 0.29) is 31.6 Å². The molecule has 3 aliphatic heterocycles. The fraction of sp³-hybridized carbons (Fsp3) is 0.538. The third-order valence-corrected chi connectivity index (χ3v) is 12.8. The smallest absolute Gasteiger partial charge is 0.407 e. The zero-order valence-electron chi connectivity index (χ0n) is 30.7. The number of cyclic esters (lactones) is 1. The molecular weight excluding hydrogens is 729 g/mol. The number of alkyl carbamates (subject to hydrolysis) is 1. The van der Waals surface area contributed by atoms with E-state index in [1.54, 1.807) is 12.3 Å². The number of allylic oxidation sites excluding steroid dienone is 1. The summed E-state index contributed by atoms with van der Waals surface area (Å²) in [5.74, 6) is -2.23. The second-order valence-electron chi connectivity index (χ2n) is 15.2. The van der Waals surface area contributed by atoms with Crippen LogP contribution in [-0.2, 0) is 29.1 Å². The van der Waals surface area contributed by atoms with Gasteiger partial charge in [-0.2, -0.15) is 0 Å². The van der Waals surface area contributed by atoms with Gasteiger partial charge in [-0.05, 0) is 88.0 Å². The van der Waals surface area contributed by atoms with Crippen molar-refractivity contribution < 1.29 is 41.9 Å². The summed E-state index contributed by atoms with van der Waals surface area (Å²) >= 11 is 0. The van der Waals surface area contributed by atoms with Gasteiger partial charge < -0.3 is 30.3 Å². The molecule has 294 valence electrons. The number of hydrogen-bond donors (Lipinski definition) is 4. The van der Waals surface area contributed by atoms with Crippen molar-refractivity contribution in [3.05, 3.63) is 60.4 Å². The second kappa shape index (κ2) is 16.4. The van der Waals surface area contributed by atoms with Crippen LogP contribution >= 0.6 is 0 Å². The van der Waals surface area contributed by atoms with E-state index in [0.717, 1.165) is 31.2 Å². The highest BCUT2D eigenvalue weighted by Gasteiger charge is 2.62. The maximum atomic E-state index is 14.4. The number of ether oxygens (including phenoxy) is 2. The zero-order valence-corrected chi connectivity index (χ0v) is 31.5. The van der Waals surface area contributed by atoms with Crippen LogP contribution in [0.15, 0.2) is 54.9 Å². The van der Waals surface area contributed by atoms with E-state index in [0.29, 0.717) is 56.4 Å². The summed E-state index contributed by atoms with van der Waals surface area (Å²) < 4.78 is 39.2. The van der Waals surface area contributed by atoms with E-state index in [2.05, 4.69) is 25.7 Å². The van der Waals surface area contributed by atoms with Crippen molar-refractivity contribution in [1.29, 1.82) is 0 Å². The summed E-state index contributed by atoms with van der Waals surface area (Å²) in [5.41, 5.74) is 0.249. The fourth-order valence-corrected chi connectivity index (χ4v) is 8.94. The molecule has 16 heteroatoms. The minimum absolute atomic E-state index is 0.00552. The molecule has 5 atom stereocenters. The molecule has 0 radical (unpaired) electrons. The average Bonchev–Trinajstić information content (AvgIpc) is 4.10. The summed E-state index contributed by atoms with van der Waals surface area (Å²) in [6.07, 6.45) is 12.4. The number of pyridine rings is 1. The van der Waals surface area contributed by atoms with Crippen molar-refractivity contribution in [3.8, 4) is 16.9 Å².